The van der Waals surface area contributed by atoms with Gasteiger partial charge >= 0.3 is 5.97 Å². The highest BCUT2D eigenvalue weighted by Crippen LogP contribution is 2.32. The number of hydrogen-bond acceptors (Lipinski definition) is 3. The van der Waals surface area contributed by atoms with Crippen LogP contribution in [0.3, 0.4) is 0 Å². The molecule has 5 nitrogen and oxygen atoms in total. The van der Waals surface area contributed by atoms with Gasteiger partial charge < -0.3 is 9.84 Å². The molecule has 16 heavy (non-hydrogen) atoms. The summed E-state index contributed by atoms with van der Waals surface area (Å²) in [5, 5.41) is 8.65. The minimum absolute atomic E-state index is 0.152. The Hall–Kier alpha value is -2.11. The number of hydrogen-bond donors (Lipinski definition) is 1. The maximum atomic E-state index is 13.0. The number of halogens is 1. The molecule has 0 bridgehead atoms. The van der Waals surface area contributed by atoms with Crippen LogP contribution >= 0.6 is 0 Å². The third kappa shape index (κ3) is 1.81. The summed E-state index contributed by atoms with van der Waals surface area (Å²) in [5.41, 5.74) is 0.152. The van der Waals surface area contributed by atoms with Crippen molar-refractivity contribution in [2.45, 2.75) is 0 Å². The van der Waals surface area contributed by atoms with E-state index in [9.17, 15) is 14.0 Å². The highest BCUT2D eigenvalue weighted by molar-refractivity contribution is 6.01. The minimum atomic E-state index is -1.16. The highest BCUT2D eigenvalue weighted by Gasteiger charge is 2.27. The van der Waals surface area contributed by atoms with Gasteiger partial charge in [-0.25, -0.2) is 4.39 Å². The number of ether oxygens (including phenoxy) is 1. The van der Waals surface area contributed by atoms with Crippen LogP contribution in [0.2, 0.25) is 0 Å². The molecule has 1 heterocycles. The van der Waals surface area contributed by atoms with Gasteiger partial charge in [-0.05, 0) is 12.1 Å². The van der Waals surface area contributed by atoms with Crippen LogP contribution in [-0.2, 0) is 9.59 Å². The molecule has 1 aromatic carbocycles. The van der Waals surface area contributed by atoms with Gasteiger partial charge in [0.1, 0.15) is 18.1 Å². The fraction of sp³-hybridized carbons (Fsp3) is 0.200. The van der Waals surface area contributed by atoms with Gasteiger partial charge in [0.25, 0.3) is 5.91 Å². The molecular weight excluding hydrogens is 217 g/mol. The molecule has 2 rings (SSSR count). The SMILES string of the molecule is O=C(O)CN1C(=O)COc2ccc(F)cc21. The Labute approximate surface area is 90.0 Å². The zero-order chi connectivity index (χ0) is 11.7. The number of carboxylic acid groups (broad SMARTS) is 1. The van der Waals surface area contributed by atoms with Crippen molar-refractivity contribution in [3.8, 4) is 5.75 Å². The Morgan fingerprint density at radius 3 is 3.00 bits per heavy atom. The van der Waals surface area contributed by atoms with Gasteiger partial charge in [-0.1, -0.05) is 0 Å². The number of fused-ring (bicyclic) bond motifs is 1. The molecule has 1 aliphatic rings. The van der Waals surface area contributed by atoms with E-state index in [4.69, 9.17) is 9.84 Å². The second kappa shape index (κ2) is 3.80. The maximum Gasteiger partial charge on any atom is 0.323 e. The van der Waals surface area contributed by atoms with E-state index in [0.717, 1.165) is 11.0 Å². The van der Waals surface area contributed by atoms with Crippen molar-refractivity contribution in [2.75, 3.05) is 18.1 Å². The lowest BCUT2D eigenvalue weighted by molar-refractivity contribution is -0.137. The first kappa shape index (κ1) is 10.4. The summed E-state index contributed by atoms with van der Waals surface area (Å²) in [6.45, 7) is -0.732. The van der Waals surface area contributed by atoms with E-state index in [1.807, 2.05) is 0 Å². The Morgan fingerprint density at radius 1 is 1.56 bits per heavy atom. The van der Waals surface area contributed by atoms with E-state index >= 15 is 0 Å². The van der Waals surface area contributed by atoms with Gasteiger partial charge in [0, 0.05) is 6.07 Å². The average Bonchev–Trinajstić information content (AvgIpc) is 2.22. The van der Waals surface area contributed by atoms with E-state index in [1.165, 1.54) is 12.1 Å². The maximum absolute atomic E-state index is 13.0. The van der Waals surface area contributed by atoms with Crippen molar-refractivity contribution in [3.63, 3.8) is 0 Å². The first-order valence-corrected chi connectivity index (χ1v) is 4.52. The minimum Gasteiger partial charge on any atom is -0.482 e. The highest BCUT2D eigenvalue weighted by atomic mass is 19.1. The Kier molecular flexibility index (Phi) is 2.47. The molecule has 0 aromatic heterocycles. The van der Waals surface area contributed by atoms with Crippen LogP contribution in [0.25, 0.3) is 0 Å². The molecule has 6 heteroatoms. The third-order valence-corrected chi connectivity index (χ3v) is 2.16. The number of benzene rings is 1. The standard InChI is InChI=1S/C10H8FNO4/c11-6-1-2-8-7(3-6)12(4-10(14)15)9(13)5-16-8/h1-3H,4-5H2,(H,14,15). The van der Waals surface area contributed by atoms with Crippen LogP contribution in [0.5, 0.6) is 5.75 Å². The molecule has 1 aliphatic heterocycles. The van der Waals surface area contributed by atoms with Crippen LogP contribution in [0, 0.1) is 5.82 Å². The average molecular weight is 225 g/mol. The van der Waals surface area contributed by atoms with Crippen LogP contribution < -0.4 is 9.64 Å². The number of carbonyl (C=O) groups is 2. The first-order chi connectivity index (χ1) is 7.58. The number of carboxylic acids is 1. The Morgan fingerprint density at radius 2 is 2.31 bits per heavy atom. The second-order valence-electron chi connectivity index (χ2n) is 3.27. The topological polar surface area (TPSA) is 66.8 Å². The third-order valence-electron chi connectivity index (χ3n) is 2.16. The Balaban J connectivity index is 2.42. The fourth-order valence-electron chi connectivity index (χ4n) is 1.48. The molecule has 0 aliphatic carbocycles. The van der Waals surface area contributed by atoms with E-state index in [-0.39, 0.29) is 12.3 Å². The summed E-state index contributed by atoms with van der Waals surface area (Å²) < 4.78 is 18.0. The monoisotopic (exact) mass is 225 g/mol. The van der Waals surface area contributed by atoms with Crippen molar-refractivity contribution >= 4 is 17.6 Å². The van der Waals surface area contributed by atoms with E-state index in [0.29, 0.717) is 5.75 Å². The molecule has 0 saturated heterocycles. The number of anilines is 1. The van der Waals surface area contributed by atoms with Gasteiger partial charge in [-0.3, -0.25) is 14.5 Å². The lowest BCUT2D eigenvalue weighted by atomic mass is 10.2. The van der Waals surface area contributed by atoms with Crippen molar-refractivity contribution in [1.29, 1.82) is 0 Å². The van der Waals surface area contributed by atoms with Crippen molar-refractivity contribution in [1.82, 2.24) is 0 Å². The summed E-state index contributed by atoms with van der Waals surface area (Å²) in [7, 11) is 0. The molecule has 1 amide bonds. The smallest absolute Gasteiger partial charge is 0.323 e. The van der Waals surface area contributed by atoms with Gasteiger partial charge in [0.2, 0.25) is 0 Å². The van der Waals surface area contributed by atoms with E-state index in [1.54, 1.807) is 0 Å². The zero-order valence-corrected chi connectivity index (χ0v) is 8.14. The predicted octanol–water partition coefficient (Wildman–Crippen LogP) is 0.636. The second-order valence-corrected chi connectivity index (χ2v) is 3.27. The first-order valence-electron chi connectivity index (χ1n) is 4.52. The molecule has 0 radical (unpaired) electrons. The van der Waals surface area contributed by atoms with Gasteiger partial charge in [0.05, 0.1) is 5.69 Å². The molecule has 0 unspecified atom stereocenters. The Bertz CT molecular complexity index is 460. The molecule has 0 spiro atoms. The molecular formula is C10H8FNO4. The lowest BCUT2D eigenvalue weighted by Crippen LogP contribution is -2.41. The van der Waals surface area contributed by atoms with Crippen LogP contribution in [0.15, 0.2) is 18.2 Å². The summed E-state index contributed by atoms with van der Waals surface area (Å²) >= 11 is 0. The van der Waals surface area contributed by atoms with Gasteiger partial charge in [0.15, 0.2) is 6.61 Å². The predicted molar refractivity (Wildman–Crippen MR) is 51.9 cm³/mol. The summed E-state index contributed by atoms with van der Waals surface area (Å²) in [5.74, 6) is -1.90. The largest absolute Gasteiger partial charge is 0.482 e. The van der Waals surface area contributed by atoms with E-state index < -0.39 is 24.2 Å². The van der Waals surface area contributed by atoms with Gasteiger partial charge in [-0.2, -0.15) is 0 Å². The quantitative estimate of drug-likeness (QED) is 0.801. The summed E-state index contributed by atoms with van der Waals surface area (Å²) in [6.07, 6.45) is 0. The zero-order valence-electron chi connectivity index (χ0n) is 8.14. The number of carbonyl (C=O) groups excluding carboxylic acids is 1. The normalized spacial score (nSPS) is 14.3. The number of nitrogens with zero attached hydrogens (tertiary/aromatic N) is 1. The molecule has 0 saturated carbocycles. The lowest BCUT2D eigenvalue weighted by Gasteiger charge is -2.27. The van der Waals surface area contributed by atoms with Crippen molar-refractivity contribution in [2.24, 2.45) is 0 Å². The summed E-state index contributed by atoms with van der Waals surface area (Å²) in [6, 6.07) is 3.63. The molecule has 84 valence electrons. The molecule has 1 aromatic rings. The number of amides is 1. The van der Waals surface area contributed by atoms with Crippen LogP contribution in [0.4, 0.5) is 10.1 Å². The van der Waals surface area contributed by atoms with Crippen molar-refractivity contribution < 1.29 is 23.8 Å². The van der Waals surface area contributed by atoms with Crippen LogP contribution in [0.1, 0.15) is 0 Å². The van der Waals surface area contributed by atoms with Gasteiger partial charge in [-0.15, -0.1) is 0 Å². The molecule has 0 atom stereocenters. The molecule has 0 fully saturated rings. The summed E-state index contributed by atoms with van der Waals surface area (Å²) in [4.78, 5) is 23.0. The number of aliphatic carboxylic acids is 1. The van der Waals surface area contributed by atoms with Crippen LogP contribution in [-0.4, -0.2) is 30.1 Å². The molecule has 1 N–H and O–H groups in total. The van der Waals surface area contributed by atoms with E-state index in [2.05, 4.69) is 0 Å². The van der Waals surface area contributed by atoms with Crippen molar-refractivity contribution in [3.05, 3.63) is 24.0 Å². The fourth-order valence-corrected chi connectivity index (χ4v) is 1.48. The number of rotatable bonds is 2.